The van der Waals surface area contributed by atoms with E-state index >= 15 is 0 Å². The van der Waals surface area contributed by atoms with Crippen LogP contribution in [0.4, 0.5) is 0 Å². The Morgan fingerprint density at radius 3 is 2.43 bits per heavy atom. The second kappa shape index (κ2) is 4.09. The molecule has 0 aromatic heterocycles. The molecule has 0 unspecified atom stereocenters. The maximum Gasteiger partial charge on any atom is 0.0233 e. The predicted molar refractivity (Wildman–Crippen MR) is 29.2 cm³/mol. The summed E-state index contributed by atoms with van der Waals surface area (Å²) in [5.74, 6) is 0.588. The average molecular weight is 103 g/mol. The molecule has 7 heavy (non-hydrogen) atoms. The zero-order valence-electron chi connectivity index (χ0n) is 4.94. The van der Waals surface area contributed by atoms with E-state index in [9.17, 15) is 0 Å². The monoisotopic (exact) mass is 103 g/mol. The molecule has 0 rings (SSSR count). The van der Waals surface area contributed by atoms with Gasteiger partial charge in [0.2, 0.25) is 0 Å². The van der Waals surface area contributed by atoms with Gasteiger partial charge in [0.15, 0.2) is 0 Å². The first-order chi connectivity index (χ1) is 3.31. The van der Waals surface area contributed by atoms with E-state index in [4.69, 9.17) is 5.21 Å². The van der Waals surface area contributed by atoms with Crippen LogP contribution >= 0.6 is 0 Å². The van der Waals surface area contributed by atoms with Crippen LogP contribution in [0.2, 0.25) is 0 Å². The van der Waals surface area contributed by atoms with Gasteiger partial charge in [-0.2, -0.15) is 0 Å². The van der Waals surface area contributed by atoms with Crippen molar-refractivity contribution in [2.75, 3.05) is 6.54 Å². The smallest absolute Gasteiger partial charge is 0.0233 e. The second-order valence-corrected chi connectivity index (χ2v) is 1.88. The highest BCUT2D eigenvalue weighted by Gasteiger charge is 1.92. The van der Waals surface area contributed by atoms with E-state index < -0.39 is 0 Å². The molecule has 0 amide bonds. The minimum Gasteiger partial charge on any atom is -0.317 e. The summed E-state index contributed by atoms with van der Waals surface area (Å²) in [6.07, 6.45) is 1.12. The van der Waals surface area contributed by atoms with Crippen molar-refractivity contribution in [1.82, 2.24) is 5.48 Å². The van der Waals surface area contributed by atoms with Crippen molar-refractivity contribution in [3.63, 3.8) is 0 Å². The van der Waals surface area contributed by atoms with Crippen LogP contribution in [0.3, 0.4) is 0 Å². The number of rotatable bonds is 3. The lowest BCUT2D eigenvalue weighted by atomic mass is 10.1. The number of hydroxylamine groups is 1. The minimum atomic E-state index is 0.588. The van der Waals surface area contributed by atoms with E-state index in [1.54, 1.807) is 0 Å². The molecular formula is C5H13NO. The predicted octanol–water partition coefficient (Wildman–Crippen LogP) is 1.01. The van der Waals surface area contributed by atoms with Crippen molar-refractivity contribution >= 4 is 0 Å². The second-order valence-electron chi connectivity index (χ2n) is 1.88. The molecule has 0 saturated heterocycles. The molecule has 0 aromatic carbocycles. The van der Waals surface area contributed by atoms with Gasteiger partial charge in [0.05, 0.1) is 0 Å². The fourth-order valence-electron chi connectivity index (χ4n) is 0.300. The van der Waals surface area contributed by atoms with Gasteiger partial charge in [-0.05, 0) is 5.92 Å². The number of nitrogens with one attached hydrogen (secondary N) is 1. The third-order valence-electron chi connectivity index (χ3n) is 1.14. The quantitative estimate of drug-likeness (QED) is 0.522. The van der Waals surface area contributed by atoms with Gasteiger partial charge in [-0.15, -0.1) is 0 Å². The van der Waals surface area contributed by atoms with Crippen LogP contribution in [0.25, 0.3) is 0 Å². The standard InChI is InChI=1S/C5H13NO/c1-3-5(2)4-6-7/h5-7H,3-4H2,1-2H3/t5-/m1/s1. The van der Waals surface area contributed by atoms with Gasteiger partial charge in [-0.25, -0.2) is 5.48 Å². The third kappa shape index (κ3) is 3.76. The molecule has 0 saturated carbocycles. The van der Waals surface area contributed by atoms with Gasteiger partial charge in [0.1, 0.15) is 0 Å². The first-order valence-corrected chi connectivity index (χ1v) is 2.68. The molecule has 0 aliphatic heterocycles. The first kappa shape index (κ1) is 6.92. The van der Waals surface area contributed by atoms with E-state index in [0.29, 0.717) is 12.5 Å². The Bertz CT molecular complexity index is 39.1. The largest absolute Gasteiger partial charge is 0.317 e. The highest BCUT2D eigenvalue weighted by Crippen LogP contribution is 1.95. The van der Waals surface area contributed by atoms with Gasteiger partial charge in [-0.3, -0.25) is 0 Å². The zero-order chi connectivity index (χ0) is 5.70. The molecule has 1 atom stereocenters. The summed E-state index contributed by atoms with van der Waals surface area (Å²) in [6, 6.07) is 0. The molecule has 0 radical (unpaired) electrons. The topological polar surface area (TPSA) is 32.3 Å². The van der Waals surface area contributed by atoms with E-state index in [1.165, 1.54) is 0 Å². The Labute approximate surface area is 44.5 Å². The SMILES string of the molecule is CC[C@@H](C)CNO. The van der Waals surface area contributed by atoms with E-state index in [1.807, 2.05) is 0 Å². The molecule has 0 fully saturated rings. The van der Waals surface area contributed by atoms with Crippen LogP contribution in [-0.2, 0) is 0 Å². The summed E-state index contributed by atoms with van der Waals surface area (Å²) in [5.41, 5.74) is 2.12. The summed E-state index contributed by atoms with van der Waals surface area (Å²) in [6.45, 7) is 4.89. The molecule has 0 aliphatic carbocycles. The lowest BCUT2D eigenvalue weighted by Crippen LogP contribution is -2.15. The molecule has 2 N–H and O–H groups in total. The Balaban J connectivity index is 2.83. The third-order valence-corrected chi connectivity index (χ3v) is 1.14. The highest BCUT2D eigenvalue weighted by molar-refractivity contribution is 4.46. The Kier molecular flexibility index (Phi) is 4.04. The Hall–Kier alpha value is -0.0800. The van der Waals surface area contributed by atoms with Gasteiger partial charge < -0.3 is 5.21 Å². The van der Waals surface area contributed by atoms with Crippen LogP contribution in [-0.4, -0.2) is 11.8 Å². The minimum absolute atomic E-state index is 0.588. The average Bonchev–Trinajstić information content (AvgIpc) is 1.68. The summed E-state index contributed by atoms with van der Waals surface area (Å²) in [5, 5.41) is 8.12. The van der Waals surface area contributed by atoms with Crippen molar-refractivity contribution in [3.05, 3.63) is 0 Å². The molecular weight excluding hydrogens is 90.1 g/mol. The van der Waals surface area contributed by atoms with Crippen LogP contribution in [0, 0.1) is 5.92 Å². The van der Waals surface area contributed by atoms with Gasteiger partial charge in [0.25, 0.3) is 0 Å². The van der Waals surface area contributed by atoms with Crippen molar-refractivity contribution in [2.24, 2.45) is 5.92 Å². The molecule has 2 heteroatoms. The Morgan fingerprint density at radius 2 is 2.29 bits per heavy atom. The number of hydrogen-bond donors (Lipinski definition) is 2. The maximum atomic E-state index is 8.12. The van der Waals surface area contributed by atoms with Crippen LogP contribution in [0.15, 0.2) is 0 Å². The summed E-state index contributed by atoms with van der Waals surface area (Å²) >= 11 is 0. The van der Waals surface area contributed by atoms with Crippen molar-refractivity contribution in [1.29, 1.82) is 0 Å². The summed E-state index contributed by atoms with van der Waals surface area (Å²) in [4.78, 5) is 0. The molecule has 0 heterocycles. The lowest BCUT2D eigenvalue weighted by Gasteiger charge is -2.03. The summed E-state index contributed by atoms with van der Waals surface area (Å²) < 4.78 is 0. The van der Waals surface area contributed by atoms with Crippen LogP contribution in [0.1, 0.15) is 20.3 Å². The first-order valence-electron chi connectivity index (χ1n) is 2.68. The molecule has 44 valence electrons. The van der Waals surface area contributed by atoms with Crippen molar-refractivity contribution < 1.29 is 5.21 Å². The maximum absolute atomic E-state index is 8.12. The van der Waals surface area contributed by atoms with Crippen molar-refractivity contribution in [3.8, 4) is 0 Å². The molecule has 2 nitrogen and oxygen atoms in total. The molecule has 0 bridgehead atoms. The molecule has 0 spiro atoms. The summed E-state index contributed by atoms with van der Waals surface area (Å²) in [7, 11) is 0. The van der Waals surface area contributed by atoms with Gasteiger partial charge in [-0.1, -0.05) is 20.3 Å². The number of hydrogen-bond acceptors (Lipinski definition) is 2. The normalized spacial score (nSPS) is 14.1. The molecule has 0 aliphatic rings. The highest BCUT2D eigenvalue weighted by atomic mass is 16.5. The van der Waals surface area contributed by atoms with Crippen molar-refractivity contribution in [2.45, 2.75) is 20.3 Å². The van der Waals surface area contributed by atoms with E-state index in [-0.39, 0.29) is 0 Å². The van der Waals surface area contributed by atoms with E-state index in [2.05, 4.69) is 19.3 Å². The van der Waals surface area contributed by atoms with E-state index in [0.717, 1.165) is 6.42 Å². The van der Waals surface area contributed by atoms with Crippen LogP contribution < -0.4 is 5.48 Å². The molecule has 0 aromatic rings. The fraction of sp³-hybridized carbons (Fsp3) is 1.00. The lowest BCUT2D eigenvalue weighted by molar-refractivity contribution is 0.151. The van der Waals surface area contributed by atoms with Gasteiger partial charge in [0, 0.05) is 6.54 Å². The fourth-order valence-corrected chi connectivity index (χ4v) is 0.300. The van der Waals surface area contributed by atoms with Gasteiger partial charge >= 0.3 is 0 Å². The zero-order valence-corrected chi connectivity index (χ0v) is 4.94. The Morgan fingerprint density at radius 1 is 1.71 bits per heavy atom. The van der Waals surface area contributed by atoms with Crippen LogP contribution in [0.5, 0.6) is 0 Å².